The summed E-state index contributed by atoms with van der Waals surface area (Å²) < 4.78 is 0.616. The van der Waals surface area contributed by atoms with Crippen molar-refractivity contribution in [1.29, 1.82) is 0 Å². The predicted octanol–water partition coefficient (Wildman–Crippen LogP) is 3.63. The van der Waals surface area contributed by atoms with Gasteiger partial charge in [-0.2, -0.15) is 0 Å². The number of hydrogen-bond donors (Lipinski definition) is 1. The van der Waals surface area contributed by atoms with E-state index < -0.39 is 0 Å². The van der Waals surface area contributed by atoms with Crippen LogP contribution < -0.4 is 0 Å². The van der Waals surface area contributed by atoms with Crippen LogP contribution in [-0.4, -0.2) is 15.0 Å². The third-order valence-electron chi connectivity index (χ3n) is 2.68. The standard InChI is InChI=1S/C13H15N3S/c1-8(2)11-6-12(17)16-13(15-11)10-7-14-5-4-9(10)3/h4-8H,1-3H3,(H,15,16,17). The fraction of sp³-hybridized carbons (Fsp3) is 0.308. The normalized spacial score (nSPS) is 10.8. The van der Waals surface area contributed by atoms with Crippen LogP contribution >= 0.6 is 12.2 Å². The third kappa shape index (κ3) is 2.58. The van der Waals surface area contributed by atoms with Gasteiger partial charge in [0, 0.05) is 23.7 Å². The molecule has 0 saturated heterocycles. The molecule has 0 bridgehead atoms. The van der Waals surface area contributed by atoms with Crippen LogP contribution in [-0.2, 0) is 0 Å². The lowest BCUT2D eigenvalue weighted by Gasteiger charge is -2.09. The van der Waals surface area contributed by atoms with Crippen LogP contribution in [0.5, 0.6) is 0 Å². The minimum atomic E-state index is 0.399. The molecule has 0 aliphatic heterocycles. The summed E-state index contributed by atoms with van der Waals surface area (Å²) in [4.78, 5) is 11.8. The Kier molecular flexibility index (Phi) is 3.33. The van der Waals surface area contributed by atoms with Gasteiger partial charge in [0.1, 0.15) is 10.5 Å². The topological polar surface area (TPSA) is 41.6 Å². The zero-order valence-corrected chi connectivity index (χ0v) is 11.0. The molecule has 4 heteroatoms. The van der Waals surface area contributed by atoms with Gasteiger partial charge in [-0.1, -0.05) is 26.1 Å². The van der Waals surface area contributed by atoms with E-state index in [1.54, 1.807) is 6.20 Å². The SMILES string of the molecule is Cc1ccncc1-c1nc(=S)cc(C(C)C)[nH]1. The van der Waals surface area contributed by atoms with Gasteiger partial charge in [0.2, 0.25) is 0 Å². The molecule has 0 radical (unpaired) electrons. The number of pyridine rings is 1. The van der Waals surface area contributed by atoms with Crippen molar-refractivity contribution in [2.75, 3.05) is 0 Å². The monoisotopic (exact) mass is 245 g/mol. The van der Waals surface area contributed by atoms with Crippen LogP contribution in [0.2, 0.25) is 0 Å². The molecular formula is C13H15N3S. The molecule has 17 heavy (non-hydrogen) atoms. The maximum atomic E-state index is 5.20. The van der Waals surface area contributed by atoms with Crippen LogP contribution in [0.1, 0.15) is 31.0 Å². The van der Waals surface area contributed by atoms with Crippen molar-refractivity contribution in [3.05, 3.63) is 40.4 Å². The Bertz CT molecular complexity index is 587. The van der Waals surface area contributed by atoms with Crippen molar-refractivity contribution in [1.82, 2.24) is 15.0 Å². The van der Waals surface area contributed by atoms with Gasteiger partial charge in [-0.05, 0) is 30.5 Å². The first kappa shape index (κ1) is 11.9. The first-order chi connectivity index (χ1) is 8.08. The summed E-state index contributed by atoms with van der Waals surface area (Å²) in [6, 6.07) is 3.88. The van der Waals surface area contributed by atoms with Gasteiger partial charge >= 0.3 is 0 Å². The molecule has 0 fully saturated rings. The maximum absolute atomic E-state index is 5.20. The Morgan fingerprint density at radius 3 is 2.76 bits per heavy atom. The largest absolute Gasteiger partial charge is 0.343 e. The number of aryl methyl sites for hydroxylation is 1. The van der Waals surface area contributed by atoms with Gasteiger partial charge in [0.15, 0.2) is 0 Å². The Hall–Kier alpha value is -1.55. The van der Waals surface area contributed by atoms with Gasteiger partial charge in [-0.25, -0.2) is 4.98 Å². The molecule has 2 heterocycles. The van der Waals surface area contributed by atoms with Gasteiger partial charge in [-0.3, -0.25) is 4.98 Å². The first-order valence-electron chi connectivity index (χ1n) is 5.60. The molecule has 0 atom stereocenters. The number of nitrogens with one attached hydrogen (secondary N) is 1. The number of H-pyrrole nitrogens is 1. The lowest BCUT2D eigenvalue weighted by molar-refractivity contribution is 0.814. The van der Waals surface area contributed by atoms with E-state index in [4.69, 9.17) is 12.2 Å². The molecule has 0 saturated carbocycles. The zero-order chi connectivity index (χ0) is 12.4. The van der Waals surface area contributed by atoms with E-state index in [1.165, 1.54) is 0 Å². The minimum Gasteiger partial charge on any atom is -0.343 e. The molecule has 0 unspecified atom stereocenters. The average Bonchev–Trinajstić information content (AvgIpc) is 2.28. The number of nitrogens with zero attached hydrogens (tertiary/aromatic N) is 2. The number of hydrogen-bond acceptors (Lipinski definition) is 3. The maximum Gasteiger partial charge on any atom is 0.140 e. The summed E-state index contributed by atoms with van der Waals surface area (Å²) in [7, 11) is 0. The highest BCUT2D eigenvalue weighted by Crippen LogP contribution is 2.20. The average molecular weight is 245 g/mol. The van der Waals surface area contributed by atoms with Gasteiger partial charge < -0.3 is 4.98 Å². The molecule has 0 aliphatic rings. The van der Waals surface area contributed by atoms with Crippen molar-refractivity contribution in [3.63, 3.8) is 0 Å². The van der Waals surface area contributed by atoms with E-state index in [0.717, 1.165) is 22.6 Å². The lowest BCUT2D eigenvalue weighted by Crippen LogP contribution is -1.99. The Balaban J connectivity index is 2.60. The molecule has 0 aromatic carbocycles. The molecule has 1 N–H and O–H groups in total. The third-order valence-corrected chi connectivity index (χ3v) is 2.89. The summed E-state index contributed by atoms with van der Waals surface area (Å²) in [5.41, 5.74) is 3.24. The van der Waals surface area contributed by atoms with Crippen molar-refractivity contribution >= 4 is 12.2 Å². The van der Waals surface area contributed by atoms with Gasteiger partial charge in [0.05, 0.1) is 0 Å². The summed E-state index contributed by atoms with van der Waals surface area (Å²) in [5, 5.41) is 0. The number of aromatic amines is 1. The van der Waals surface area contributed by atoms with Crippen molar-refractivity contribution in [2.24, 2.45) is 0 Å². The lowest BCUT2D eigenvalue weighted by atomic mass is 10.1. The molecule has 0 amide bonds. The minimum absolute atomic E-state index is 0.399. The molecule has 88 valence electrons. The fourth-order valence-electron chi connectivity index (χ4n) is 1.63. The van der Waals surface area contributed by atoms with Crippen LogP contribution in [0.3, 0.4) is 0 Å². The molecule has 3 nitrogen and oxygen atoms in total. The molecule has 0 aliphatic carbocycles. The predicted molar refractivity (Wildman–Crippen MR) is 71.5 cm³/mol. The van der Waals surface area contributed by atoms with Crippen LogP contribution in [0, 0.1) is 11.6 Å². The Morgan fingerprint density at radius 1 is 1.35 bits per heavy atom. The fourth-order valence-corrected chi connectivity index (χ4v) is 1.84. The first-order valence-corrected chi connectivity index (χ1v) is 6.01. The highest BCUT2D eigenvalue weighted by molar-refractivity contribution is 7.71. The van der Waals surface area contributed by atoms with E-state index >= 15 is 0 Å². The summed E-state index contributed by atoms with van der Waals surface area (Å²) in [6.45, 7) is 6.29. The highest BCUT2D eigenvalue weighted by atomic mass is 32.1. The van der Waals surface area contributed by atoms with E-state index in [9.17, 15) is 0 Å². The smallest absolute Gasteiger partial charge is 0.140 e. The van der Waals surface area contributed by atoms with Crippen molar-refractivity contribution in [2.45, 2.75) is 26.7 Å². The molecule has 2 aromatic heterocycles. The van der Waals surface area contributed by atoms with Gasteiger partial charge in [0.25, 0.3) is 0 Å². The van der Waals surface area contributed by atoms with E-state index in [1.807, 2.05) is 25.3 Å². The second kappa shape index (κ2) is 4.75. The zero-order valence-electron chi connectivity index (χ0n) is 10.2. The second-order valence-electron chi connectivity index (χ2n) is 4.37. The quantitative estimate of drug-likeness (QED) is 0.821. The van der Waals surface area contributed by atoms with E-state index in [2.05, 4.69) is 28.8 Å². The van der Waals surface area contributed by atoms with E-state index in [0.29, 0.717) is 10.6 Å². The van der Waals surface area contributed by atoms with Crippen molar-refractivity contribution in [3.8, 4) is 11.4 Å². The second-order valence-corrected chi connectivity index (χ2v) is 4.79. The molecule has 2 rings (SSSR count). The number of aromatic nitrogens is 3. The van der Waals surface area contributed by atoms with Crippen LogP contribution in [0.4, 0.5) is 0 Å². The molecular weight excluding hydrogens is 230 g/mol. The van der Waals surface area contributed by atoms with Crippen molar-refractivity contribution < 1.29 is 0 Å². The summed E-state index contributed by atoms with van der Waals surface area (Å²) in [6.07, 6.45) is 3.59. The van der Waals surface area contributed by atoms with Crippen LogP contribution in [0.15, 0.2) is 24.5 Å². The van der Waals surface area contributed by atoms with Crippen LogP contribution in [0.25, 0.3) is 11.4 Å². The van der Waals surface area contributed by atoms with Gasteiger partial charge in [-0.15, -0.1) is 0 Å². The van der Waals surface area contributed by atoms with E-state index in [-0.39, 0.29) is 0 Å². The molecule has 0 spiro atoms. The molecule has 2 aromatic rings. The Labute approximate surface area is 106 Å². The summed E-state index contributed by atoms with van der Waals surface area (Å²) in [5.74, 6) is 1.20. The summed E-state index contributed by atoms with van der Waals surface area (Å²) >= 11 is 5.20. The Morgan fingerprint density at radius 2 is 2.12 bits per heavy atom. The highest BCUT2D eigenvalue weighted by Gasteiger charge is 2.07. The number of rotatable bonds is 2.